The zero-order valence-electron chi connectivity index (χ0n) is 9.98. The van der Waals surface area contributed by atoms with E-state index in [9.17, 15) is 4.79 Å². The van der Waals surface area contributed by atoms with Gasteiger partial charge in [-0.25, -0.2) is 4.98 Å². The fraction of sp³-hybridized carbons (Fsp3) is 0.636. The van der Waals surface area contributed by atoms with Crippen LogP contribution in [0.4, 0.5) is 5.13 Å². The van der Waals surface area contributed by atoms with E-state index in [0.717, 1.165) is 32.5 Å². The average molecular weight is 254 g/mol. The lowest BCUT2D eigenvalue weighted by atomic mass is 10.1. The quantitative estimate of drug-likeness (QED) is 0.842. The molecule has 1 aliphatic heterocycles. The maximum Gasteiger partial charge on any atom is 0.271 e. The molecular weight excluding hydrogens is 236 g/mol. The molecule has 0 saturated carbocycles. The fourth-order valence-electron chi connectivity index (χ4n) is 2.11. The summed E-state index contributed by atoms with van der Waals surface area (Å²) in [6.45, 7) is 5.25. The fourth-order valence-corrected chi connectivity index (χ4v) is 2.65. The summed E-state index contributed by atoms with van der Waals surface area (Å²) >= 11 is 1.30. The van der Waals surface area contributed by atoms with Crippen LogP contribution in [-0.2, 0) is 0 Å². The second-order valence-corrected chi connectivity index (χ2v) is 5.17. The molecule has 0 spiro atoms. The van der Waals surface area contributed by atoms with Gasteiger partial charge in [-0.05, 0) is 25.9 Å². The van der Waals surface area contributed by atoms with Crippen molar-refractivity contribution in [1.82, 2.24) is 15.2 Å². The summed E-state index contributed by atoms with van der Waals surface area (Å²) in [6, 6.07) is 0.235. The molecule has 0 bridgehead atoms. The third-order valence-corrected chi connectivity index (χ3v) is 3.72. The van der Waals surface area contributed by atoms with Crippen LogP contribution in [0.25, 0.3) is 0 Å². The minimum atomic E-state index is -0.110. The van der Waals surface area contributed by atoms with E-state index < -0.39 is 0 Å². The number of hydrogen-bond acceptors (Lipinski definition) is 5. The average Bonchev–Trinajstić information content (AvgIpc) is 2.76. The Morgan fingerprint density at radius 2 is 2.59 bits per heavy atom. The van der Waals surface area contributed by atoms with Crippen LogP contribution >= 0.6 is 11.3 Å². The number of aromatic nitrogens is 1. The Bertz CT molecular complexity index is 393. The number of piperidine rings is 1. The standard InChI is InChI=1S/C11H18N4OS/c1-2-15-5-3-4-8(6-15)13-10(16)9-7-17-11(12)14-9/h7-8H,2-6H2,1H3,(H2,12,14)(H,13,16)/t8-/m0/s1. The van der Waals surface area contributed by atoms with Crippen molar-refractivity contribution < 1.29 is 4.79 Å². The van der Waals surface area contributed by atoms with Gasteiger partial charge in [-0.2, -0.15) is 0 Å². The highest BCUT2D eigenvalue weighted by Crippen LogP contribution is 2.13. The molecule has 1 atom stereocenters. The van der Waals surface area contributed by atoms with E-state index in [1.54, 1.807) is 5.38 Å². The van der Waals surface area contributed by atoms with Gasteiger partial charge in [-0.15, -0.1) is 11.3 Å². The Balaban J connectivity index is 1.90. The summed E-state index contributed by atoms with van der Waals surface area (Å²) in [5.41, 5.74) is 5.94. The van der Waals surface area contributed by atoms with E-state index in [-0.39, 0.29) is 11.9 Å². The second-order valence-electron chi connectivity index (χ2n) is 4.28. The van der Waals surface area contributed by atoms with Crippen molar-refractivity contribution in [3.8, 4) is 0 Å². The summed E-state index contributed by atoms with van der Waals surface area (Å²) < 4.78 is 0. The van der Waals surface area contributed by atoms with Crippen molar-refractivity contribution in [1.29, 1.82) is 0 Å². The Morgan fingerprint density at radius 1 is 1.76 bits per heavy atom. The molecule has 6 heteroatoms. The monoisotopic (exact) mass is 254 g/mol. The summed E-state index contributed by atoms with van der Waals surface area (Å²) in [6.07, 6.45) is 2.18. The van der Waals surface area contributed by atoms with Crippen LogP contribution < -0.4 is 11.1 Å². The molecule has 0 radical (unpaired) electrons. The first kappa shape index (κ1) is 12.3. The number of hydrogen-bond donors (Lipinski definition) is 2. The molecule has 5 nitrogen and oxygen atoms in total. The molecule has 94 valence electrons. The smallest absolute Gasteiger partial charge is 0.271 e. The van der Waals surface area contributed by atoms with Crippen molar-refractivity contribution in [3.63, 3.8) is 0 Å². The van der Waals surface area contributed by atoms with Crippen LogP contribution in [0.15, 0.2) is 5.38 Å². The van der Waals surface area contributed by atoms with Crippen molar-refractivity contribution in [2.24, 2.45) is 0 Å². The summed E-state index contributed by atoms with van der Waals surface area (Å²) in [4.78, 5) is 18.2. The Morgan fingerprint density at radius 3 is 3.24 bits per heavy atom. The minimum Gasteiger partial charge on any atom is -0.375 e. The number of rotatable bonds is 3. The van der Waals surface area contributed by atoms with Crippen molar-refractivity contribution >= 4 is 22.4 Å². The third kappa shape index (κ3) is 3.17. The largest absolute Gasteiger partial charge is 0.375 e. The van der Waals surface area contributed by atoms with E-state index in [1.807, 2.05) is 0 Å². The molecule has 1 aromatic heterocycles. The van der Waals surface area contributed by atoms with E-state index in [1.165, 1.54) is 11.3 Å². The number of nitrogens with zero attached hydrogens (tertiary/aromatic N) is 2. The molecule has 1 aliphatic rings. The van der Waals surface area contributed by atoms with Crippen molar-refractivity contribution in [2.45, 2.75) is 25.8 Å². The summed E-state index contributed by atoms with van der Waals surface area (Å²) in [5.74, 6) is -0.110. The third-order valence-electron chi connectivity index (χ3n) is 3.04. The van der Waals surface area contributed by atoms with E-state index in [0.29, 0.717) is 10.8 Å². The van der Waals surface area contributed by atoms with Gasteiger partial charge in [0.1, 0.15) is 5.69 Å². The molecule has 0 unspecified atom stereocenters. The van der Waals surface area contributed by atoms with Crippen LogP contribution in [0.5, 0.6) is 0 Å². The minimum absolute atomic E-state index is 0.110. The molecule has 1 saturated heterocycles. The first-order valence-electron chi connectivity index (χ1n) is 5.93. The Labute approximate surface area is 105 Å². The van der Waals surface area contributed by atoms with Crippen molar-refractivity contribution in [2.75, 3.05) is 25.4 Å². The maximum absolute atomic E-state index is 11.9. The highest BCUT2D eigenvalue weighted by atomic mass is 32.1. The maximum atomic E-state index is 11.9. The number of anilines is 1. The first-order chi connectivity index (χ1) is 8.19. The predicted octanol–water partition coefficient (Wildman–Crippen LogP) is 0.939. The van der Waals surface area contributed by atoms with E-state index in [4.69, 9.17) is 5.73 Å². The van der Waals surface area contributed by atoms with Gasteiger partial charge in [-0.1, -0.05) is 6.92 Å². The van der Waals surface area contributed by atoms with Gasteiger partial charge < -0.3 is 16.0 Å². The topological polar surface area (TPSA) is 71.2 Å². The normalized spacial score (nSPS) is 21.4. The Kier molecular flexibility index (Phi) is 3.96. The number of likely N-dealkylation sites (N-methyl/N-ethyl adjacent to an activating group) is 1. The lowest BCUT2D eigenvalue weighted by Crippen LogP contribution is -2.47. The molecule has 3 N–H and O–H groups in total. The van der Waals surface area contributed by atoms with Crippen LogP contribution in [0.1, 0.15) is 30.3 Å². The Hall–Kier alpha value is -1.14. The van der Waals surface area contributed by atoms with Gasteiger partial charge >= 0.3 is 0 Å². The van der Waals surface area contributed by atoms with Gasteiger partial charge in [0, 0.05) is 18.0 Å². The van der Waals surface area contributed by atoms with Gasteiger partial charge in [0.05, 0.1) is 0 Å². The molecule has 17 heavy (non-hydrogen) atoms. The zero-order valence-corrected chi connectivity index (χ0v) is 10.8. The van der Waals surface area contributed by atoms with Crippen LogP contribution in [0.3, 0.4) is 0 Å². The lowest BCUT2D eigenvalue weighted by Gasteiger charge is -2.32. The first-order valence-corrected chi connectivity index (χ1v) is 6.81. The molecule has 1 fully saturated rings. The summed E-state index contributed by atoms with van der Waals surface area (Å²) in [7, 11) is 0. The number of nitrogens with two attached hydrogens (primary N) is 1. The van der Waals surface area contributed by atoms with Crippen molar-refractivity contribution in [3.05, 3.63) is 11.1 Å². The number of carbonyl (C=O) groups is 1. The molecule has 0 aromatic carbocycles. The number of nitrogens with one attached hydrogen (secondary N) is 1. The zero-order chi connectivity index (χ0) is 12.3. The summed E-state index contributed by atoms with van der Waals surface area (Å²) in [5, 5.41) is 5.16. The van der Waals surface area contributed by atoms with Crippen LogP contribution in [-0.4, -0.2) is 41.5 Å². The lowest BCUT2D eigenvalue weighted by molar-refractivity contribution is 0.0901. The number of likely N-dealkylation sites (tertiary alicyclic amines) is 1. The number of amides is 1. The van der Waals surface area contributed by atoms with Gasteiger partial charge in [0.15, 0.2) is 5.13 Å². The molecule has 2 rings (SSSR count). The number of thiazole rings is 1. The van der Waals surface area contributed by atoms with Crippen LogP contribution in [0, 0.1) is 0 Å². The number of nitrogen functional groups attached to an aromatic ring is 1. The molecule has 2 heterocycles. The number of carbonyl (C=O) groups excluding carboxylic acids is 1. The second kappa shape index (κ2) is 5.46. The van der Waals surface area contributed by atoms with Gasteiger partial charge in [0.2, 0.25) is 0 Å². The van der Waals surface area contributed by atoms with Gasteiger partial charge in [0.25, 0.3) is 5.91 Å². The molecule has 1 aromatic rings. The van der Waals surface area contributed by atoms with Gasteiger partial charge in [-0.3, -0.25) is 4.79 Å². The predicted molar refractivity (Wildman–Crippen MR) is 69.1 cm³/mol. The van der Waals surface area contributed by atoms with E-state index in [2.05, 4.69) is 22.1 Å². The highest BCUT2D eigenvalue weighted by molar-refractivity contribution is 7.13. The van der Waals surface area contributed by atoms with Crippen LogP contribution in [0.2, 0.25) is 0 Å². The van der Waals surface area contributed by atoms with E-state index >= 15 is 0 Å². The molecular formula is C11H18N4OS. The SMILES string of the molecule is CCN1CCC[C@H](NC(=O)c2csc(N)n2)C1. The molecule has 1 amide bonds. The highest BCUT2D eigenvalue weighted by Gasteiger charge is 2.21. The molecule has 0 aliphatic carbocycles.